The molecule has 1 aromatic heterocycles. The van der Waals surface area contributed by atoms with Gasteiger partial charge in [0.25, 0.3) is 0 Å². The summed E-state index contributed by atoms with van der Waals surface area (Å²) in [6, 6.07) is 14.6. The van der Waals surface area contributed by atoms with Crippen LogP contribution in [-0.4, -0.2) is 30.8 Å². The van der Waals surface area contributed by atoms with Crippen LogP contribution in [0, 0.1) is 6.92 Å². The molecule has 3 rings (SSSR count). The van der Waals surface area contributed by atoms with Crippen molar-refractivity contribution in [2.75, 3.05) is 19.4 Å². The molecule has 0 bridgehead atoms. The van der Waals surface area contributed by atoms with Gasteiger partial charge >= 0.3 is 0 Å². The number of pyridine rings is 1. The first-order chi connectivity index (χ1) is 13.9. The third-order valence-corrected chi connectivity index (χ3v) is 4.53. The Balaban J connectivity index is 1.89. The number of aliphatic imine (C=N–C) groups is 1. The Labute approximate surface area is 169 Å². The molecule has 148 valence electrons. The molecule has 7 heteroatoms. The maximum absolute atomic E-state index is 11.4. The molecule has 0 aliphatic carbocycles. The quantitative estimate of drug-likeness (QED) is 0.442. The van der Waals surface area contributed by atoms with Gasteiger partial charge in [0.15, 0.2) is 0 Å². The average molecular weight is 389 g/mol. The minimum absolute atomic E-state index is 0.446. The second-order valence-electron chi connectivity index (χ2n) is 6.44. The van der Waals surface area contributed by atoms with Crippen molar-refractivity contribution >= 4 is 17.4 Å². The summed E-state index contributed by atoms with van der Waals surface area (Å²) in [7, 11) is 3.46. The summed E-state index contributed by atoms with van der Waals surface area (Å²) in [5, 5.41) is 3.10. The number of amides is 1. The SMILES string of the molecule is CN=C(N)c1ccc(Oc2ccnc(-c3ccc(C(N)=O)c(C)c3)c2)cc1NC. The zero-order valence-corrected chi connectivity index (χ0v) is 16.6. The van der Waals surface area contributed by atoms with Crippen LogP contribution in [0.25, 0.3) is 11.3 Å². The molecule has 29 heavy (non-hydrogen) atoms. The lowest BCUT2D eigenvalue weighted by Gasteiger charge is -2.12. The number of nitrogens with zero attached hydrogens (tertiary/aromatic N) is 2. The molecule has 0 saturated heterocycles. The second-order valence-corrected chi connectivity index (χ2v) is 6.44. The monoisotopic (exact) mass is 389 g/mol. The number of carbonyl (C=O) groups excluding carboxylic acids is 1. The molecule has 0 atom stereocenters. The molecule has 1 heterocycles. The number of rotatable bonds is 6. The van der Waals surface area contributed by atoms with E-state index >= 15 is 0 Å². The van der Waals surface area contributed by atoms with E-state index in [2.05, 4.69) is 15.3 Å². The summed E-state index contributed by atoms with van der Waals surface area (Å²) in [6.45, 7) is 1.84. The third-order valence-electron chi connectivity index (χ3n) is 4.53. The van der Waals surface area contributed by atoms with Crippen LogP contribution in [0.15, 0.2) is 59.7 Å². The molecule has 0 aliphatic heterocycles. The van der Waals surface area contributed by atoms with Gasteiger partial charge in [-0.15, -0.1) is 0 Å². The number of nitrogens with two attached hydrogens (primary N) is 2. The highest BCUT2D eigenvalue weighted by atomic mass is 16.5. The van der Waals surface area contributed by atoms with E-state index in [4.69, 9.17) is 16.2 Å². The molecule has 5 N–H and O–H groups in total. The van der Waals surface area contributed by atoms with Gasteiger partial charge in [0.05, 0.1) is 5.69 Å². The van der Waals surface area contributed by atoms with Crippen LogP contribution in [0.5, 0.6) is 11.5 Å². The molecule has 0 saturated carbocycles. The van der Waals surface area contributed by atoms with Gasteiger partial charge in [-0.05, 0) is 42.8 Å². The van der Waals surface area contributed by atoms with Gasteiger partial charge in [0.2, 0.25) is 5.91 Å². The third kappa shape index (κ3) is 4.35. The summed E-state index contributed by atoms with van der Waals surface area (Å²) in [4.78, 5) is 19.9. The van der Waals surface area contributed by atoms with E-state index in [1.54, 1.807) is 25.4 Å². The highest BCUT2D eigenvalue weighted by molar-refractivity contribution is 6.02. The number of carbonyl (C=O) groups is 1. The molecule has 0 aliphatic rings. The number of aromatic nitrogens is 1. The van der Waals surface area contributed by atoms with Crippen LogP contribution >= 0.6 is 0 Å². The van der Waals surface area contributed by atoms with Gasteiger partial charge in [-0.2, -0.15) is 0 Å². The highest BCUT2D eigenvalue weighted by Gasteiger charge is 2.10. The van der Waals surface area contributed by atoms with E-state index in [0.717, 1.165) is 28.1 Å². The van der Waals surface area contributed by atoms with Crippen LogP contribution in [0.4, 0.5) is 5.69 Å². The minimum Gasteiger partial charge on any atom is -0.457 e. The van der Waals surface area contributed by atoms with Crippen LogP contribution in [-0.2, 0) is 0 Å². The van der Waals surface area contributed by atoms with Crippen molar-refractivity contribution in [2.24, 2.45) is 16.5 Å². The number of hydrogen-bond donors (Lipinski definition) is 3. The maximum atomic E-state index is 11.4. The first-order valence-corrected chi connectivity index (χ1v) is 9.02. The number of benzene rings is 2. The van der Waals surface area contributed by atoms with Gasteiger partial charge in [-0.3, -0.25) is 14.8 Å². The van der Waals surface area contributed by atoms with E-state index < -0.39 is 5.91 Å². The Bertz CT molecular complexity index is 1090. The smallest absolute Gasteiger partial charge is 0.248 e. The summed E-state index contributed by atoms with van der Waals surface area (Å²) in [6.07, 6.45) is 1.68. The molecule has 0 unspecified atom stereocenters. The van der Waals surface area contributed by atoms with E-state index in [1.807, 2.05) is 50.4 Å². The van der Waals surface area contributed by atoms with E-state index in [1.165, 1.54) is 0 Å². The Hall–Kier alpha value is -3.87. The van der Waals surface area contributed by atoms with Crippen molar-refractivity contribution in [1.82, 2.24) is 4.98 Å². The van der Waals surface area contributed by atoms with Crippen LogP contribution < -0.4 is 21.5 Å². The molecular weight excluding hydrogens is 366 g/mol. The normalized spacial score (nSPS) is 11.2. The van der Waals surface area contributed by atoms with Gasteiger partial charge < -0.3 is 21.5 Å². The Morgan fingerprint density at radius 3 is 2.41 bits per heavy atom. The number of primary amides is 1. The van der Waals surface area contributed by atoms with E-state index in [0.29, 0.717) is 22.9 Å². The van der Waals surface area contributed by atoms with Gasteiger partial charge in [0.1, 0.15) is 17.3 Å². The van der Waals surface area contributed by atoms with Crippen molar-refractivity contribution in [3.63, 3.8) is 0 Å². The fraction of sp³-hybridized carbons (Fsp3) is 0.136. The molecule has 2 aromatic carbocycles. The lowest BCUT2D eigenvalue weighted by molar-refractivity contribution is 0.0999. The Morgan fingerprint density at radius 2 is 1.76 bits per heavy atom. The molecule has 0 fully saturated rings. The Morgan fingerprint density at radius 1 is 1.03 bits per heavy atom. The van der Waals surface area contributed by atoms with Gasteiger partial charge in [-0.1, -0.05) is 6.07 Å². The number of aryl methyl sites for hydroxylation is 1. The van der Waals surface area contributed by atoms with Crippen molar-refractivity contribution in [1.29, 1.82) is 0 Å². The van der Waals surface area contributed by atoms with Crippen molar-refractivity contribution in [3.05, 3.63) is 71.4 Å². The van der Waals surface area contributed by atoms with Crippen molar-refractivity contribution in [3.8, 4) is 22.8 Å². The van der Waals surface area contributed by atoms with Crippen molar-refractivity contribution < 1.29 is 9.53 Å². The fourth-order valence-corrected chi connectivity index (χ4v) is 3.01. The van der Waals surface area contributed by atoms with Gasteiger partial charge in [0, 0.05) is 54.8 Å². The second kappa shape index (κ2) is 8.43. The predicted octanol–water partition coefficient (Wildman–Crippen LogP) is 3.33. The summed E-state index contributed by atoms with van der Waals surface area (Å²) >= 11 is 0. The zero-order chi connectivity index (χ0) is 21.0. The minimum atomic E-state index is -0.448. The average Bonchev–Trinajstić information content (AvgIpc) is 2.73. The van der Waals surface area contributed by atoms with Crippen LogP contribution in [0.2, 0.25) is 0 Å². The number of amidine groups is 1. The number of nitrogens with one attached hydrogen (secondary N) is 1. The summed E-state index contributed by atoms with van der Waals surface area (Å²) < 4.78 is 6.01. The van der Waals surface area contributed by atoms with Crippen molar-refractivity contribution in [2.45, 2.75) is 6.92 Å². The van der Waals surface area contributed by atoms with Crippen LogP contribution in [0.1, 0.15) is 21.5 Å². The molecule has 7 nitrogen and oxygen atoms in total. The Kier molecular flexibility index (Phi) is 5.78. The zero-order valence-electron chi connectivity index (χ0n) is 16.6. The highest BCUT2D eigenvalue weighted by Crippen LogP contribution is 2.29. The number of anilines is 1. The first-order valence-electron chi connectivity index (χ1n) is 9.02. The topological polar surface area (TPSA) is 116 Å². The first kappa shape index (κ1) is 19.9. The molecular formula is C22H23N5O2. The lowest BCUT2D eigenvalue weighted by atomic mass is 10.0. The fourth-order valence-electron chi connectivity index (χ4n) is 3.01. The largest absolute Gasteiger partial charge is 0.457 e. The molecule has 3 aromatic rings. The lowest BCUT2D eigenvalue weighted by Crippen LogP contribution is -2.15. The maximum Gasteiger partial charge on any atom is 0.248 e. The molecule has 1 amide bonds. The number of hydrogen-bond acceptors (Lipinski definition) is 5. The predicted molar refractivity (Wildman–Crippen MR) is 116 cm³/mol. The molecule has 0 spiro atoms. The van der Waals surface area contributed by atoms with E-state index in [9.17, 15) is 4.79 Å². The summed E-state index contributed by atoms with van der Waals surface area (Å²) in [5.74, 6) is 1.29. The van der Waals surface area contributed by atoms with Gasteiger partial charge in [-0.25, -0.2) is 0 Å². The summed E-state index contributed by atoms with van der Waals surface area (Å²) in [5.41, 5.74) is 15.8. The standard InChI is InChI=1S/C22H23N5O2/c1-13-10-14(4-6-17(13)22(24)28)19-11-16(8-9-27-19)29-15-5-7-18(21(23)26-3)20(12-15)25-2/h4-12,25H,1-3H3,(H2,23,26)(H2,24,28). The van der Waals surface area contributed by atoms with Crippen LogP contribution in [0.3, 0.4) is 0 Å². The number of ether oxygens (including phenoxy) is 1. The molecule has 0 radical (unpaired) electrons. The van der Waals surface area contributed by atoms with E-state index in [-0.39, 0.29) is 0 Å².